The minimum absolute atomic E-state index is 0. The summed E-state index contributed by atoms with van der Waals surface area (Å²) in [5.41, 5.74) is 11.9. The number of esters is 2. The second-order valence-electron chi connectivity index (χ2n) is 11.2. The van der Waals surface area contributed by atoms with E-state index in [1.54, 1.807) is 50.2 Å². The van der Waals surface area contributed by atoms with Crippen molar-refractivity contribution in [1.82, 2.24) is 5.32 Å². The van der Waals surface area contributed by atoms with Gasteiger partial charge in [0.1, 0.15) is 12.1 Å². The first-order chi connectivity index (χ1) is 23.2. The van der Waals surface area contributed by atoms with Gasteiger partial charge in [-0.25, -0.2) is 9.59 Å². The Bertz CT molecular complexity index is 1690. The third-order valence-corrected chi connectivity index (χ3v) is 7.95. The molecule has 0 radical (unpaired) electrons. The van der Waals surface area contributed by atoms with E-state index in [0.29, 0.717) is 29.0 Å². The van der Waals surface area contributed by atoms with Gasteiger partial charge in [0.05, 0.1) is 35.4 Å². The summed E-state index contributed by atoms with van der Waals surface area (Å²) in [6.45, 7) is 7.52. The van der Waals surface area contributed by atoms with Gasteiger partial charge >= 0.3 is 17.9 Å². The van der Waals surface area contributed by atoms with Gasteiger partial charge in [0, 0.05) is 6.42 Å². The Morgan fingerprint density at radius 1 is 0.686 bits per heavy atom. The number of carbonyl (C=O) groups is 4. The van der Waals surface area contributed by atoms with E-state index in [9.17, 15) is 19.2 Å². The van der Waals surface area contributed by atoms with Gasteiger partial charge in [-0.15, -0.1) is 12.4 Å². The van der Waals surface area contributed by atoms with Crippen LogP contribution in [0.1, 0.15) is 61.5 Å². The molecule has 4 rings (SSSR count). The number of rotatable bonds is 9. The lowest BCUT2D eigenvalue weighted by atomic mass is 10.0. The van der Waals surface area contributed by atoms with Crippen LogP contribution in [0, 0.1) is 27.7 Å². The normalized spacial score (nSPS) is 10.9. The maximum atomic E-state index is 12.6. The summed E-state index contributed by atoms with van der Waals surface area (Å²) < 4.78 is 9.36. The van der Waals surface area contributed by atoms with Crippen LogP contribution in [-0.4, -0.2) is 55.2 Å². The number of nitrogens with two attached hydrogens (primary N) is 1. The molecule has 0 aliphatic rings. The third kappa shape index (κ3) is 15.2. The fourth-order valence-corrected chi connectivity index (χ4v) is 5.17. The Morgan fingerprint density at radius 3 is 1.47 bits per heavy atom. The summed E-state index contributed by atoms with van der Waals surface area (Å²) >= 11 is 11.8. The highest BCUT2D eigenvalue weighted by Crippen LogP contribution is 2.20. The number of hydrogen-bond donors (Lipinski definition) is 3. The average molecular weight is 762 g/mol. The Balaban J connectivity index is 0.000000790. The Hall–Kier alpha value is -4.41. The van der Waals surface area contributed by atoms with Gasteiger partial charge in [0.15, 0.2) is 0 Å². The van der Waals surface area contributed by atoms with Crippen molar-refractivity contribution in [3.63, 3.8) is 0 Å². The number of ether oxygens (including phenoxy) is 2. The molecule has 4 N–H and O–H groups in total. The maximum Gasteiger partial charge on any atom is 0.337 e. The van der Waals surface area contributed by atoms with Gasteiger partial charge in [-0.1, -0.05) is 115 Å². The standard InChI is InChI=1S/C19H20ClNO3.C11H15NO2.C8H7ClO2.CH4.ClH/c1-12-7-9-14(10-8-12)11-16(19(23)24-3)21-18(22)17-13(2)5-4-6-15(17)20;1-8-3-5-9(6-4-8)7-10(12)11(13)14-2;1-5-3-2-4-6(9)7(5)8(10)11;;/h4-10,16H,11H2,1-3H3,(H,21,22);3-6,10H,7,12H2,1-2H3;2-4H,1H3,(H,10,11);1H4;1H. The van der Waals surface area contributed by atoms with E-state index in [2.05, 4.69) is 10.1 Å². The molecule has 2 atom stereocenters. The molecule has 0 spiro atoms. The monoisotopic (exact) mass is 760 g/mol. The number of halogens is 3. The first-order valence-corrected chi connectivity index (χ1v) is 16.0. The van der Waals surface area contributed by atoms with Crippen molar-refractivity contribution in [3.05, 3.63) is 139 Å². The van der Waals surface area contributed by atoms with Gasteiger partial charge < -0.3 is 25.6 Å². The molecule has 1 amide bonds. The number of hydrogen-bond acceptors (Lipinski definition) is 7. The van der Waals surface area contributed by atoms with Crippen LogP contribution in [0.5, 0.6) is 0 Å². The number of methoxy groups -OCH3 is 2. The number of carboxylic acids is 1. The molecule has 0 saturated heterocycles. The molecule has 0 aliphatic heterocycles. The fourth-order valence-electron chi connectivity index (χ4n) is 4.56. The summed E-state index contributed by atoms with van der Waals surface area (Å²) in [4.78, 5) is 46.2. The molecule has 0 aromatic heterocycles. The zero-order chi connectivity index (χ0) is 36.7. The van der Waals surface area contributed by atoms with Crippen LogP contribution in [0.3, 0.4) is 0 Å². The number of nitrogens with one attached hydrogen (secondary N) is 1. The SMILES string of the molecule is C.COC(=O)C(Cc1ccc(C)cc1)NC(=O)c1c(C)cccc1Cl.COC(=O)C(N)Cc1ccc(C)cc1.Cc1cccc(Cl)c1C(=O)O.Cl. The number of amides is 1. The maximum absolute atomic E-state index is 12.6. The zero-order valence-corrected chi connectivity index (χ0v) is 31.1. The van der Waals surface area contributed by atoms with E-state index in [0.717, 1.165) is 22.3 Å². The van der Waals surface area contributed by atoms with Crippen LogP contribution in [-0.2, 0) is 31.9 Å². The van der Waals surface area contributed by atoms with Crippen LogP contribution in [0.4, 0.5) is 0 Å². The van der Waals surface area contributed by atoms with E-state index >= 15 is 0 Å². The van der Waals surface area contributed by atoms with E-state index in [1.807, 2.05) is 62.4 Å². The summed E-state index contributed by atoms with van der Waals surface area (Å²) in [6, 6.07) is 24.6. The molecule has 276 valence electrons. The zero-order valence-electron chi connectivity index (χ0n) is 28.8. The molecule has 4 aromatic rings. The molecule has 0 fully saturated rings. The molecule has 9 nitrogen and oxygen atoms in total. The van der Waals surface area contributed by atoms with E-state index in [4.69, 9.17) is 38.8 Å². The highest BCUT2D eigenvalue weighted by molar-refractivity contribution is 6.34. The van der Waals surface area contributed by atoms with Gasteiger partial charge in [0.25, 0.3) is 5.91 Å². The summed E-state index contributed by atoms with van der Waals surface area (Å²) in [7, 11) is 2.65. The lowest BCUT2D eigenvalue weighted by molar-refractivity contribution is -0.143. The number of benzene rings is 4. The summed E-state index contributed by atoms with van der Waals surface area (Å²) in [5.74, 6) is -2.23. The van der Waals surface area contributed by atoms with Crippen LogP contribution in [0.2, 0.25) is 10.0 Å². The quantitative estimate of drug-likeness (QED) is 0.146. The fraction of sp³-hybridized carbons (Fsp3) is 0.282. The Kier molecular flexibility index (Phi) is 21.1. The molecular weight excluding hydrogens is 715 g/mol. The van der Waals surface area contributed by atoms with E-state index < -0.39 is 24.0 Å². The van der Waals surface area contributed by atoms with E-state index in [-0.39, 0.29) is 42.3 Å². The predicted molar refractivity (Wildman–Crippen MR) is 206 cm³/mol. The second-order valence-corrected chi connectivity index (χ2v) is 12.0. The smallest absolute Gasteiger partial charge is 0.337 e. The summed E-state index contributed by atoms with van der Waals surface area (Å²) in [5, 5.41) is 12.0. The predicted octanol–water partition coefficient (Wildman–Crippen LogP) is 7.91. The van der Waals surface area contributed by atoms with Crippen molar-refractivity contribution >= 4 is 59.4 Å². The van der Waals surface area contributed by atoms with Crippen molar-refractivity contribution in [3.8, 4) is 0 Å². The first kappa shape index (κ1) is 46.6. The lowest BCUT2D eigenvalue weighted by Crippen LogP contribution is -2.43. The Morgan fingerprint density at radius 2 is 1.10 bits per heavy atom. The van der Waals surface area contributed by atoms with Crippen molar-refractivity contribution < 1.29 is 33.8 Å². The first-order valence-electron chi connectivity index (χ1n) is 15.2. The number of carboxylic acid groups (broad SMARTS) is 1. The van der Waals surface area contributed by atoms with Gasteiger partial charge in [0.2, 0.25) is 0 Å². The Labute approximate surface area is 316 Å². The van der Waals surface area contributed by atoms with Crippen molar-refractivity contribution in [2.45, 2.75) is 60.0 Å². The summed E-state index contributed by atoms with van der Waals surface area (Å²) in [6.07, 6.45) is 0.870. The number of carbonyl (C=O) groups excluding carboxylic acids is 3. The molecule has 12 heteroatoms. The van der Waals surface area contributed by atoms with Crippen LogP contribution in [0.15, 0.2) is 84.9 Å². The van der Waals surface area contributed by atoms with Gasteiger partial charge in [-0.3, -0.25) is 9.59 Å². The van der Waals surface area contributed by atoms with Crippen molar-refractivity contribution in [2.24, 2.45) is 5.73 Å². The molecule has 0 aliphatic carbocycles. The van der Waals surface area contributed by atoms with Crippen LogP contribution in [0.25, 0.3) is 0 Å². The van der Waals surface area contributed by atoms with Crippen molar-refractivity contribution in [2.75, 3.05) is 14.2 Å². The van der Waals surface area contributed by atoms with Gasteiger partial charge in [-0.05, 0) is 68.5 Å². The van der Waals surface area contributed by atoms with Crippen molar-refractivity contribution in [1.29, 1.82) is 0 Å². The largest absolute Gasteiger partial charge is 0.478 e. The average Bonchev–Trinajstić information content (AvgIpc) is 3.06. The highest BCUT2D eigenvalue weighted by atomic mass is 35.5. The topological polar surface area (TPSA) is 145 Å². The minimum Gasteiger partial charge on any atom is -0.478 e. The second kappa shape index (κ2) is 23.1. The molecular formula is C39H47Cl3N2O7. The lowest BCUT2D eigenvalue weighted by Gasteiger charge is -2.18. The number of aromatic carboxylic acids is 1. The van der Waals surface area contributed by atoms with Crippen LogP contribution < -0.4 is 11.1 Å². The molecule has 2 unspecified atom stereocenters. The van der Waals surface area contributed by atoms with E-state index in [1.165, 1.54) is 19.8 Å². The number of aryl methyl sites for hydroxylation is 4. The molecule has 0 saturated carbocycles. The molecule has 4 aromatic carbocycles. The molecule has 51 heavy (non-hydrogen) atoms. The van der Waals surface area contributed by atoms with Crippen LogP contribution >= 0.6 is 35.6 Å². The molecule has 0 bridgehead atoms. The third-order valence-electron chi connectivity index (χ3n) is 7.32. The highest BCUT2D eigenvalue weighted by Gasteiger charge is 2.24. The minimum atomic E-state index is -0.979. The molecule has 0 heterocycles. The van der Waals surface area contributed by atoms with Gasteiger partial charge in [-0.2, -0.15) is 0 Å².